The minimum atomic E-state index is -0.532. The predicted molar refractivity (Wildman–Crippen MR) is 39.6 cm³/mol. The summed E-state index contributed by atoms with van der Waals surface area (Å²) in [4.78, 5) is 0. The summed E-state index contributed by atoms with van der Waals surface area (Å²) in [5, 5.41) is 18.3. The highest BCUT2D eigenvalue weighted by Gasteiger charge is 2.20. The molecule has 1 aliphatic carbocycles. The molecule has 2 nitrogen and oxygen atoms in total. The molecule has 2 N–H and O–H groups in total. The van der Waals surface area contributed by atoms with E-state index in [1.165, 1.54) is 5.57 Å². The fourth-order valence-corrected chi connectivity index (χ4v) is 1.22. The average Bonchev–Trinajstić information content (AvgIpc) is 1.95. The van der Waals surface area contributed by atoms with Crippen LogP contribution >= 0.6 is 0 Å². The molecule has 1 aliphatic rings. The van der Waals surface area contributed by atoms with Crippen LogP contribution in [0.2, 0.25) is 0 Å². The molecular formula is C8H14O2. The van der Waals surface area contributed by atoms with Gasteiger partial charge in [-0.1, -0.05) is 18.6 Å². The van der Waals surface area contributed by atoms with Crippen LogP contribution in [-0.4, -0.2) is 22.4 Å². The highest BCUT2D eigenvalue weighted by Crippen LogP contribution is 2.20. The Balaban J connectivity index is 2.52. The van der Waals surface area contributed by atoms with Gasteiger partial charge in [-0.3, -0.25) is 0 Å². The second-order valence-corrected chi connectivity index (χ2v) is 2.79. The lowest BCUT2D eigenvalue weighted by Gasteiger charge is -2.22. The first-order valence-corrected chi connectivity index (χ1v) is 3.78. The van der Waals surface area contributed by atoms with Crippen molar-refractivity contribution in [3.8, 4) is 0 Å². The molecule has 0 bridgehead atoms. The van der Waals surface area contributed by atoms with Gasteiger partial charge in [0.1, 0.15) is 0 Å². The topological polar surface area (TPSA) is 40.5 Å². The third kappa shape index (κ3) is 1.58. The number of aliphatic hydroxyl groups is 2. The summed E-state index contributed by atoms with van der Waals surface area (Å²) in [6, 6.07) is 0. The van der Waals surface area contributed by atoms with Crippen molar-refractivity contribution in [1.29, 1.82) is 0 Å². The lowest BCUT2D eigenvalue weighted by molar-refractivity contribution is 0.0164. The van der Waals surface area contributed by atoms with Crippen LogP contribution < -0.4 is 0 Å². The molecule has 0 saturated heterocycles. The van der Waals surface area contributed by atoms with Gasteiger partial charge in [0.05, 0.1) is 12.2 Å². The van der Waals surface area contributed by atoms with Crippen LogP contribution in [0.5, 0.6) is 0 Å². The fraction of sp³-hybridized carbons (Fsp3) is 0.750. The molecule has 2 atom stereocenters. The molecule has 0 aromatic carbocycles. The molecule has 10 heavy (non-hydrogen) atoms. The van der Waals surface area contributed by atoms with E-state index in [0.29, 0.717) is 12.8 Å². The van der Waals surface area contributed by atoms with E-state index in [1.807, 2.05) is 6.08 Å². The van der Waals surface area contributed by atoms with Gasteiger partial charge in [0.25, 0.3) is 0 Å². The Hall–Kier alpha value is -0.340. The Labute approximate surface area is 61.2 Å². The van der Waals surface area contributed by atoms with Gasteiger partial charge in [0, 0.05) is 0 Å². The first-order chi connectivity index (χ1) is 4.74. The number of rotatable bonds is 1. The molecule has 0 aliphatic heterocycles. The predicted octanol–water partition coefficient (Wildman–Crippen LogP) is 0.838. The van der Waals surface area contributed by atoms with Crippen molar-refractivity contribution in [2.45, 2.75) is 38.4 Å². The highest BCUT2D eigenvalue weighted by atomic mass is 16.3. The van der Waals surface area contributed by atoms with E-state index >= 15 is 0 Å². The summed E-state index contributed by atoms with van der Waals surface area (Å²) in [6.07, 6.45) is 3.22. The minimum Gasteiger partial charge on any atom is -0.390 e. The quantitative estimate of drug-likeness (QED) is 0.532. The molecule has 0 aromatic rings. The van der Waals surface area contributed by atoms with E-state index in [-0.39, 0.29) is 0 Å². The second-order valence-electron chi connectivity index (χ2n) is 2.79. The smallest absolute Gasteiger partial charge is 0.0839 e. The summed E-state index contributed by atoms with van der Waals surface area (Å²) in [6.45, 7) is 2.07. The van der Waals surface area contributed by atoms with Crippen LogP contribution in [0.1, 0.15) is 26.2 Å². The molecule has 0 spiro atoms. The first kappa shape index (κ1) is 7.76. The van der Waals surface area contributed by atoms with E-state index < -0.39 is 12.2 Å². The van der Waals surface area contributed by atoms with Crippen molar-refractivity contribution in [3.63, 3.8) is 0 Å². The second kappa shape index (κ2) is 3.17. The number of aliphatic hydroxyl groups excluding tert-OH is 2. The molecule has 0 amide bonds. The van der Waals surface area contributed by atoms with Crippen molar-refractivity contribution in [2.75, 3.05) is 0 Å². The van der Waals surface area contributed by atoms with Gasteiger partial charge in [-0.25, -0.2) is 0 Å². The first-order valence-electron chi connectivity index (χ1n) is 3.78. The summed E-state index contributed by atoms with van der Waals surface area (Å²) >= 11 is 0. The third-order valence-electron chi connectivity index (χ3n) is 2.02. The Bertz CT molecular complexity index is 140. The van der Waals surface area contributed by atoms with E-state index in [4.69, 9.17) is 5.11 Å². The Morgan fingerprint density at radius 2 is 2.20 bits per heavy atom. The molecule has 0 saturated carbocycles. The molecule has 0 radical (unpaired) electrons. The monoisotopic (exact) mass is 142 g/mol. The fourth-order valence-electron chi connectivity index (χ4n) is 1.22. The number of hydrogen-bond acceptors (Lipinski definition) is 2. The summed E-state index contributed by atoms with van der Waals surface area (Å²) in [5.41, 5.74) is 1.26. The zero-order valence-corrected chi connectivity index (χ0v) is 6.25. The van der Waals surface area contributed by atoms with Gasteiger partial charge in [0.15, 0.2) is 0 Å². The molecule has 1 rings (SSSR count). The molecule has 0 aromatic heterocycles. The molecule has 2 unspecified atom stereocenters. The normalized spacial score (nSPS) is 33.7. The van der Waals surface area contributed by atoms with Crippen LogP contribution in [0, 0.1) is 0 Å². The maximum absolute atomic E-state index is 9.19. The van der Waals surface area contributed by atoms with Crippen LogP contribution in [-0.2, 0) is 0 Å². The van der Waals surface area contributed by atoms with Crippen LogP contribution in [0.25, 0.3) is 0 Å². The lowest BCUT2D eigenvalue weighted by atomic mass is 9.93. The SMILES string of the molecule is CCC1=CCC(O)C(O)C1. The van der Waals surface area contributed by atoms with Crippen molar-refractivity contribution in [3.05, 3.63) is 11.6 Å². The molecule has 0 fully saturated rings. The minimum absolute atomic E-state index is 0.528. The van der Waals surface area contributed by atoms with Crippen LogP contribution in [0.4, 0.5) is 0 Å². The van der Waals surface area contributed by atoms with Gasteiger partial charge < -0.3 is 10.2 Å². The summed E-state index contributed by atoms with van der Waals surface area (Å²) < 4.78 is 0. The molecule has 2 heteroatoms. The molecule has 58 valence electrons. The molecule has 0 heterocycles. The zero-order valence-electron chi connectivity index (χ0n) is 6.25. The standard InChI is InChI=1S/C8H14O2/c1-2-6-3-4-7(9)8(10)5-6/h3,7-10H,2,4-5H2,1H3. The van der Waals surface area contributed by atoms with Gasteiger partial charge in [-0.15, -0.1) is 0 Å². The Morgan fingerprint density at radius 3 is 2.70 bits per heavy atom. The average molecular weight is 142 g/mol. The Kier molecular flexibility index (Phi) is 2.46. The summed E-state index contributed by atoms with van der Waals surface area (Å²) in [5.74, 6) is 0. The van der Waals surface area contributed by atoms with E-state index in [9.17, 15) is 5.11 Å². The lowest BCUT2D eigenvalue weighted by Crippen LogP contribution is -2.28. The van der Waals surface area contributed by atoms with E-state index in [0.717, 1.165) is 6.42 Å². The van der Waals surface area contributed by atoms with E-state index in [2.05, 4.69) is 6.92 Å². The Morgan fingerprint density at radius 1 is 1.50 bits per heavy atom. The van der Waals surface area contributed by atoms with Gasteiger partial charge in [0.2, 0.25) is 0 Å². The summed E-state index contributed by atoms with van der Waals surface area (Å²) in [7, 11) is 0. The van der Waals surface area contributed by atoms with Crippen molar-refractivity contribution >= 4 is 0 Å². The largest absolute Gasteiger partial charge is 0.390 e. The number of hydrogen-bond donors (Lipinski definition) is 2. The van der Waals surface area contributed by atoms with Crippen LogP contribution in [0.3, 0.4) is 0 Å². The maximum atomic E-state index is 9.19. The third-order valence-corrected chi connectivity index (χ3v) is 2.02. The van der Waals surface area contributed by atoms with Crippen molar-refractivity contribution < 1.29 is 10.2 Å². The van der Waals surface area contributed by atoms with Crippen LogP contribution in [0.15, 0.2) is 11.6 Å². The van der Waals surface area contributed by atoms with Gasteiger partial charge >= 0.3 is 0 Å². The van der Waals surface area contributed by atoms with Gasteiger partial charge in [-0.05, 0) is 19.3 Å². The maximum Gasteiger partial charge on any atom is 0.0839 e. The highest BCUT2D eigenvalue weighted by molar-refractivity contribution is 5.08. The van der Waals surface area contributed by atoms with Crippen molar-refractivity contribution in [1.82, 2.24) is 0 Å². The molecular weight excluding hydrogens is 128 g/mol. The van der Waals surface area contributed by atoms with Crippen molar-refractivity contribution in [2.24, 2.45) is 0 Å². The zero-order chi connectivity index (χ0) is 7.56. The van der Waals surface area contributed by atoms with E-state index in [1.54, 1.807) is 0 Å². The van der Waals surface area contributed by atoms with Gasteiger partial charge in [-0.2, -0.15) is 0 Å².